The second kappa shape index (κ2) is 9.40. The molecule has 1 aromatic heterocycles. The van der Waals surface area contributed by atoms with Gasteiger partial charge in [0.25, 0.3) is 11.8 Å². The molecule has 0 bridgehead atoms. The number of amides is 3. The number of halogens is 1. The minimum atomic E-state index is -0.506. The Balaban J connectivity index is 1.75. The van der Waals surface area contributed by atoms with E-state index in [1.807, 2.05) is 0 Å². The van der Waals surface area contributed by atoms with Gasteiger partial charge in [0.1, 0.15) is 11.6 Å². The van der Waals surface area contributed by atoms with Crippen molar-refractivity contribution < 1.29 is 23.5 Å². The molecule has 0 aliphatic rings. The fourth-order valence-electron chi connectivity index (χ4n) is 2.84. The quantitative estimate of drug-likeness (QED) is 0.518. The summed E-state index contributed by atoms with van der Waals surface area (Å²) >= 11 is 1.10. The van der Waals surface area contributed by atoms with E-state index in [0.29, 0.717) is 32.6 Å². The summed E-state index contributed by atoms with van der Waals surface area (Å²) in [4.78, 5) is 36.9. The molecule has 0 spiro atoms. The van der Waals surface area contributed by atoms with Crippen LogP contribution in [0.5, 0.6) is 5.75 Å². The molecule has 160 valence electrons. The largest absolute Gasteiger partial charge is 0.495 e. The number of hydrogen-bond acceptors (Lipinski definition) is 5. The summed E-state index contributed by atoms with van der Waals surface area (Å²) in [7, 11) is 1.48. The highest BCUT2D eigenvalue weighted by Gasteiger charge is 2.17. The van der Waals surface area contributed by atoms with Gasteiger partial charge in [-0.1, -0.05) is 6.07 Å². The molecule has 3 aromatic rings. The number of carbonyl (C=O) groups is 3. The van der Waals surface area contributed by atoms with Crippen molar-refractivity contribution >= 4 is 45.4 Å². The van der Waals surface area contributed by atoms with Crippen LogP contribution in [0.3, 0.4) is 0 Å². The van der Waals surface area contributed by atoms with E-state index in [4.69, 9.17) is 4.74 Å². The molecule has 9 heteroatoms. The standard InChI is InChI=1S/C22H20FN3O4S/c1-12-9-19(26-21(28)14-5-4-6-15(23)10-14)31-20(12)22(29)25-16-7-8-18(30-3)17(11-16)24-13(2)27/h4-11H,1-3H3,(H,24,27)(H,25,29)(H,26,28). The van der Waals surface area contributed by atoms with E-state index in [2.05, 4.69) is 16.0 Å². The van der Waals surface area contributed by atoms with E-state index < -0.39 is 11.7 Å². The molecule has 0 saturated carbocycles. The number of benzene rings is 2. The lowest BCUT2D eigenvalue weighted by Gasteiger charge is -2.11. The predicted octanol–water partition coefficient (Wildman–Crippen LogP) is 4.67. The number of ether oxygens (including phenoxy) is 1. The van der Waals surface area contributed by atoms with Gasteiger partial charge in [0.2, 0.25) is 5.91 Å². The Kier molecular flexibility index (Phi) is 6.66. The third kappa shape index (κ3) is 5.46. The van der Waals surface area contributed by atoms with Crippen LogP contribution < -0.4 is 20.7 Å². The number of aryl methyl sites for hydroxylation is 1. The topological polar surface area (TPSA) is 96.5 Å². The highest BCUT2D eigenvalue weighted by atomic mass is 32.1. The number of carbonyl (C=O) groups excluding carboxylic acids is 3. The van der Waals surface area contributed by atoms with E-state index in [1.54, 1.807) is 31.2 Å². The van der Waals surface area contributed by atoms with Crippen LogP contribution in [0.1, 0.15) is 32.5 Å². The van der Waals surface area contributed by atoms with Gasteiger partial charge in [0, 0.05) is 18.2 Å². The fourth-order valence-corrected chi connectivity index (χ4v) is 3.81. The summed E-state index contributed by atoms with van der Waals surface area (Å²) in [5, 5.41) is 8.56. The first-order valence-corrected chi connectivity index (χ1v) is 10.0. The van der Waals surface area contributed by atoms with Gasteiger partial charge >= 0.3 is 0 Å². The Bertz CT molecular complexity index is 1160. The summed E-state index contributed by atoms with van der Waals surface area (Å²) in [6, 6.07) is 11.9. The van der Waals surface area contributed by atoms with Gasteiger partial charge in [-0.25, -0.2) is 4.39 Å². The minimum Gasteiger partial charge on any atom is -0.495 e. The molecular weight excluding hydrogens is 421 g/mol. The predicted molar refractivity (Wildman–Crippen MR) is 119 cm³/mol. The molecule has 1 heterocycles. The number of thiophene rings is 1. The molecule has 0 unspecified atom stereocenters. The van der Waals surface area contributed by atoms with Crippen molar-refractivity contribution in [2.24, 2.45) is 0 Å². The van der Waals surface area contributed by atoms with Gasteiger partial charge in [-0.05, 0) is 55.0 Å². The Morgan fingerprint density at radius 3 is 2.42 bits per heavy atom. The summed E-state index contributed by atoms with van der Waals surface area (Å²) in [5.41, 5.74) is 1.75. The van der Waals surface area contributed by atoms with Crippen molar-refractivity contribution in [3.63, 3.8) is 0 Å². The molecule has 0 atom stereocenters. The van der Waals surface area contributed by atoms with E-state index in [1.165, 1.54) is 32.2 Å². The lowest BCUT2D eigenvalue weighted by atomic mass is 10.2. The molecule has 0 saturated heterocycles. The van der Waals surface area contributed by atoms with E-state index in [-0.39, 0.29) is 17.4 Å². The molecule has 3 rings (SSSR count). The van der Waals surface area contributed by atoms with Gasteiger partial charge in [-0.3, -0.25) is 14.4 Å². The molecule has 3 N–H and O–H groups in total. The molecule has 0 aliphatic heterocycles. The Hall–Kier alpha value is -3.72. The third-order valence-corrected chi connectivity index (χ3v) is 5.37. The molecule has 2 aromatic carbocycles. The first kappa shape index (κ1) is 22.0. The molecular formula is C22H20FN3O4S. The highest BCUT2D eigenvalue weighted by molar-refractivity contribution is 7.18. The minimum absolute atomic E-state index is 0.181. The van der Waals surface area contributed by atoms with E-state index in [9.17, 15) is 18.8 Å². The summed E-state index contributed by atoms with van der Waals surface area (Å²) < 4.78 is 18.5. The average Bonchev–Trinajstić information content (AvgIpc) is 3.08. The van der Waals surface area contributed by atoms with Gasteiger partial charge in [0.15, 0.2) is 0 Å². The second-order valence-corrected chi connectivity index (χ2v) is 7.69. The second-order valence-electron chi connectivity index (χ2n) is 6.64. The normalized spacial score (nSPS) is 10.3. The zero-order valence-electron chi connectivity index (χ0n) is 17.0. The zero-order valence-corrected chi connectivity index (χ0v) is 17.9. The van der Waals surface area contributed by atoms with Crippen molar-refractivity contribution in [3.05, 3.63) is 70.4 Å². The van der Waals surface area contributed by atoms with Crippen LogP contribution in [-0.2, 0) is 4.79 Å². The van der Waals surface area contributed by atoms with Crippen molar-refractivity contribution in [1.82, 2.24) is 0 Å². The summed E-state index contributed by atoms with van der Waals surface area (Å²) in [5.74, 6) is -1.15. The van der Waals surface area contributed by atoms with Crippen molar-refractivity contribution in [2.75, 3.05) is 23.1 Å². The number of anilines is 3. The first-order valence-electron chi connectivity index (χ1n) is 9.21. The number of rotatable bonds is 6. The van der Waals surface area contributed by atoms with Crippen LogP contribution in [0.2, 0.25) is 0 Å². The summed E-state index contributed by atoms with van der Waals surface area (Å²) in [6.07, 6.45) is 0. The average molecular weight is 441 g/mol. The smallest absolute Gasteiger partial charge is 0.266 e. The number of nitrogens with one attached hydrogen (secondary N) is 3. The van der Waals surface area contributed by atoms with Gasteiger partial charge in [-0.2, -0.15) is 0 Å². The Morgan fingerprint density at radius 1 is 0.968 bits per heavy atom. The Morgan fingerprint density at radius 2 is 1.74 bits per heavy atom. The van der Waals surface area contributed by atoms with Crippen molar-refractivity contribution in [2.45, 2.75) is 13.8 Å². The number of hydrogen-bond donors (Lipinski definition) is 3. The maximum Gasteiger partial charge on any atom is 0.266 e. The Labute approximate surface area is 182 Å². The van der Waals surface area contributed by atoms with Gasteiger partial charge in [-0.15, -0.1) is 11.3 Å². The van der Waals surface area contributed by atoms with Gasteiger partial charge < -0.3 is 20.7 Å². The molecule has 0 radical (unpaired) electrons. The number of methoxy groups -OCH3 is 1. The first-order chi connectivity index (χ1) is 14.8. The molecule has 3 amide bonds. The molecule has 0 fully saturated rings. The van der Waals surface area contributed by atoms with Crippen LogP contribution in [0.25, 0.3) is 0 Å². The van der Waals surface area contributed by atoms with Gasteiger partial charge in [0.05, 0.1) is 22.7 Å². The molecule has 7 nitrogen and oxygen atoms in total. The van der Waals surface area contributed by atoms with Crippen LogP contribution in [-0.4, -0.2) is 24.8 Å². The lowest BCUT2D eigenvalue weighted by molar-refractivity contribution is -0.114. The van der Waals surface area contributed by atoms with Crippen molar-refractivity contribution in [1.29, 1.82) is 0 Å². The highest BCUT2D eigenvalue weighted by Crippen LogP contribution is 2.30. The lowest BCUT2D eigenvalue weighted by Crippen LogP contribution is -2.13. The van der Waals surface area contributed by atoms with Crippen LogP contribution in [0.4, 0.5) is 20.8 Å². The molecule has 31 heavy (non-hydrogen) atoms. The van der Waals surface area contributed by atoms with Crippen LogP contribution in [0.15, 0.2) is 48.5 Å². The zero-order chi connectivity index (χ0) is 22.5. The molecule has 0 aliphatic carbocycles. The van der Waals surface area contributed by atoms with E-state index in [0.717, 1.165) is 17.4 Å². The SMILES string of the molecule is COc1ccc(NC(=O)c2sc(NC(=O)c3cccc(F)c3)cc2C)cc1NC(C)=O. The van der Waals surface area contributed by atoms with E-state index >= 15 is 0 Å². The fraction of sp³-hybridized carbons (Fsp3) is 0.136. The maximum absolute atomic E-state index is 13.3. The van der Waals surface area contributed by atoms with Crippen LogP contribution >= 0.6 is 11.3 Å². The van der Waals surface area contributed by atoms with Crippen LogP contribution in [0, 0.1) is 12.7 Å². The summed E-state index contributed by atoms with van der Waals surface area (Å²) in [6.45, 7) is 3.12. The monoisotopic (exact) mass is 441 g/mol. The third-order valence-electron chi connectivity index (χ3n) is 4.22. The maximum atomic E-state index is 13.3. The van der Waals surface area contributed by atoms with Crippen molar-refractivity contribution in [3.8, 4) is 5.75 Å².